The van der Waals surface area contributed by atoms with Crippen molar-refractivity contribution < 1.29 is 10.2 Å². The molecule has 2 heteroatoms. The largest absolute Gasteiger partial charge is 0.392 e. The van der Waals surface area contributed by atoms with E-state index in [4.69, 9.17) is 0 Å². The first-order valence-corrected chi connectivity index (χ1v) is 8.03. The number of rotatable bonds is 8. The molecule has 0 amide bonds. The molecule has 1 saturated carbocycles. The zero-order valence-corrected chi connectivity index (χ0v) is 12.3. The normalized spacial score (nSPS) is 22.7. The minimum atomic E-state index is -0.301. The summed E-state index contributed by atoms with van der Waals surface area (Å²) in [5.41, 5.74) is -0.192. The third-order valence-corrected chi connectivity index (χ3v) is 4.77. The molecule has 2 atom stereocenters. The van der Waals surface area contributed by atoms with Crippen LogP contribution in [-0.2, 0) is 0 Å². The fourth-order valence-corrected chi connectivity index (χ4v) is 3.47. The molecule has 1 fully saturated rings. The third-order valence-electron chi connectivity index (χ3n) is 4.77. The second-order valence-corrected chi connectivity index (χ2v) is 6.11. The number of aliphatic hydroxyl groups is 2. The van der Waals surface area contributed by atoms with Crippen molar-refractivity contribution in [2.24, 2.45) is 5.41 Å². The fourth-order valence-electron chi connectivity index (χ4n) is 3.47. The summed E-state index contributed by atoms with van der Waals surface area (Å²) in [5.74, 6) is 0. The molecule has 0 radical (unpaired) electrons. The van der Waals surface area contributed by atoms with Crippen molar-refractivity contribution in [1.29, 1.82) is 0 Å². The second-order valence-electron chi connectivity index (χ2n) is 6.11. The summed E-state index contributed by atoms with van der Waals surface area (Å²) in [5, 5.41) is 21.1. The van der Waals surface area contributed by atoms with E-state index in [1.165, 1.54) is 19.3 Å². The van der Waals surface area contributed by atoms with Crippen molar-refractivity contribution in [3.8, 4) is 0 Å². The number of hydrogen-bond acceptors (Lipinski definition) is 2. The smallest absolute Gasteiger partial charge is 0.0621 e. The SMILES string of the molecule is CCCCC(O)C1(C(O)CCCC)CCCCC1. The van der Waals surface area contributed by atoms with Crippen LogP contribution < -0.4 is 0 Å². The maximum atomic E-state index is 10.6. The van der Waals surface area contributed by atoms with Gasteiger partial charge in [0.2, 0.25) is 0 Å². The van der Waals surface area contributed by atoms with Crippen LogP contribution in [0.2, 0.25) is 0 Å². The van der Waals surface area contributed by atoms with Crippen molar-refractivity contribution in [2.75, 3.05) is 0 Å². The summed E-state index contributed by atoms with van der Waals surface area (Å²) in [6, 6.07) is 0. The van der Waals surface area contributed by atoms with Gasteiger partial charge in [0.05, 0.1) is 12.2 Å². The summed E-state index contributed by atoms with van der Waals surface area (Å²) < 4.78 is 0. The van der Waals surface area contributed by atoms with Crippen LogP contribution in [0.25, 0.3) is 0 Å². The average Bonchev–Trinajstić information content (AvgIpc) is 2.42. The molecule has 0 aromatic carbocycles. The van der Waals surface area contributed by atoms with Crippen molar-refractivity contribution in [3.05, 3.63) is 0 Å². The molecule has 1 aliphatic rings. The Morgan fingerprint density at radius 1 is 0.833 bits per heavy atom. The summed E-state index contributed by atoms with van der Waals surface area (Å²) in [6.45, 7) is 4.32. The summed E-state index contributed by atoms with van der Waals surface area (Å²) >= 11 is 0. The lowest BCUT2D eigenvalue weighted by Crippen LogP contribution is -2.46. The van der Waals surface area contributed by atoms with Crippen molar-refractivity contribution in [1.82, 2.24) is 0 Å². The van der Waals surface area contributed by atoms with Gasteiger partial charge >= 0.3 is 0 Å². The number of aliphatic hydroxyl groups excluding tert-OH is 2. The topological polar surface area (TPSA) is 40.5 Å². The molecule has 0 aromatic heterocycles. The van der Waals surface area contributed by atoms with Crippen LogP contribution in [0.5, 0.6) is 0 Å². The van der Waals surface area contributed by atoms with E-state index in [9.17, 15) is 10.2 Å². The van der Waals surface area contributed by atoms with E-state index >= 15 is 0 Å². The van der Waals surface area contributed by atoms with Crippen LogP contribution in [0.1, 0.15) is 84.5 Å². The highest BCUT2D eigenvalue weighted by Crippen LogP contribution is 2.45. The van der Waals surface area contributed by atoms with Crippen LogP contribution >= 0.6 is 0 Å². The predicted molar refractivity (Wildman–Crippen MR) is 76.6 cm³/mol. The van der Waals surface area contributed by atoms with Crippen LogP contribution in [0.15, 0.2) is 0 Å². The standard InChI is InChI=1S/C16H32O2/c1-3-5-10-14(17)16(12-8-7-9-13-16)15(18)11-6-4-2/h14-15,17-18H,3-13H2,1-2H3. The zero-order chi connectivity index (χ0) is 13.4. The van der Waals surface area contributed by atoms with Crippen molar-refractivity contribution >= 4 is 0 Å². The van der Waals surface area contributed by atoms with Gasteiger partial charge < -0.3 is 10.2 Å². The molecule has 1 aliphatic carbocycles. The molecule has 0 heterocycles. The van der Waals surface area contributed by atoms with Gasteiger partial charge in [0, 0.05) is 5.41 Å². The Morgan fingerprint density at radius 2 is 1.28 bits per heavy atom. The lowest BCUT2D eigenvalue weighted by atomic mass is 9.64. The minimum Gasteiger partial charge on any atom is -0.392 e. The summed E-state index contributed by atoms with van der Waals surface area (Å²) in [7, 11) is 0. The highest BCUT2D eigenvalue weighted by molar-refractivity contribution is 4.94. The predicted octanol–water partition coefficient (Wildman–Crippen LogP) is 4.04. The van der Waals surface area contributed by atoms with Gasteiger partial charge in [0.25, 0.3) is 0 Å². The molecule has 0 spiro atoms. The Kier molecular flexibility index (Phi) is 7.25. The number of hydrogen-bond donors (Lipinski definition) is 2. The highest BCUT2D eigenvalue weighted by Gasteiger charge is 2.43. The van der Waals surface area contributed by atoms with Gasteiger partial charge in [-0.15, -0.1) is 0 Å². The Hall–Kier alpha value is -0.0800. The quantitative estimate of drug-likeness (QED) is 0.688. The molecule has 2 N–H and O–H groups in total. The molecule has 0 aromatic rings. The van der Waals surface area contributed by atoms with E-state index in [0.29, 0.717) is 0 Å². The molecule has 2 nitrogen and oxygen atoms in total. The zero-order valence-electron chi connectivity index (χ0n) is 12.3. The van der Waals surface area contributed by atoms with Crippen molar-refractivity contribution in [3.63, 3.8) is 0 Å². The van der Waals surface area contributed by atoms with E-state index < -0.39 is 0 Å². The van der Waals surface area contributed by atoms with Crippen LogP contribution in [0, 0.1) is 5.41 Å². The van der Waals surface area contributed by atoms with Crippen LogP contribution in [-0.4, -0.2) is 22.4 Å². The number of unbranched alkanes of at least 4 members (excludes halogenated alkanes) is 2. The molecule has 0 bridgehead atoms. The van der Waals surface area contributed by atoms with E-state index in [-0.39, 0.29) is 17.6 Å². The van der Waals surface area contributed by atoms with Gasteiger partial charge in [-0.3, -0.25) is 0 Å². The molecular weight excluding hydrogens is 224 g/mol. The molecular formula is C16H32O2. The molecule has 108 valence electrons. The monoisotopic (exact) mass is 256 g/mol. The Morgan fingerprint density at radius 3 is 1.67 bits per heavy atom. The third kappa shape index (κ3) is 3.96. The molecule has 18 heavy (non-hydrogen) atoms. The van der Waals surface area contributed by atoms with Crippen LogP contribution in [0.4, 0.5) is 0 Å². The maximum absolute atomic E-state index is 10.6. The second kappa shape index (κ2) is 8.16. The van der Waals surface area contributed by atoms with E-state index in [2.05, 4.69) is 13.8 Å². The Labute approximate surface area is 113 Å². The van der Waals surface area contributed by atoms with Gasteiger partial charge in [0.1, 0.15) is 0 Å². The molecule has 0 saturated heterocycles. The maximum Gasteiger partial charge on any atom is 0.0621 e. The Balaban J connectivity index is 2.66. The van der Waals surface area contributed by atoms with Gasteiger partial charge in [-0.2, -0.15) is 0 Å². The van der Waals surface area contributed by atoms with Gasteiger partial charge in [-0.05, 0) is 25.7 Å². The van der Waals surface area contributed by atoms with Gasteiger partial charge in [0.15, 0.2) is 0 Å². The van der Waals surface area contributed by atoms with E-state index in [0.717, 1.165) is 51.4 Å². The minimum absolute atomic E-state index is 0.192. The lowest BCUT2D eigenvalue weighted by molar-refractivity contribution is -0.0987. The first-order valence-electron chi connectivity index (χ1n) is 8.03. The molecule has 1 rings (SSSR count). The summed E-state index contributed by atoms with van der Waals surface area (Å²) in [4.78, 5) is 0. The first kappa shape index (κ1) is 16.0. The molecule has 2 unspecified atom stereocenters. The van der Waals surface area contributed by atoms with Crippen LogP contribution in [0.3, 0.4) is 0 Å². The van der Waals surface area contributed by atoms with E-state index in [1.807, 2.05) is 0 Å². The molecule has 0 aliphatic heterocycles. The lowest BCUT2D eigenvalue weighted by Gasteiger charge is -2.45. The average molecular weight is 256 g/mol. The van der Waals surface area contributed by atoms with E-state index in [1.54, 1.807) is 0 Å². The fraction of sp³-hybridized carbons (Fsp3) is 1.00. The van der Waals surface area contributed by atoms with Gasteiger partial charge in [-0.1, -0.05) is 58.8 Å². The summed E-state index contributed by atoms with van der Waals surface area (Å²) in [6.07, 6.45) is 11.2. The Bertz CT molecular complexity index is 193. The highest BCUT2D eigenvalue weighted by atomic mass is 16.3. The van der Waals surface area contributed by atoms with Gasteiger partial charge in [-0.25, -0.2) is 0 Å². The first-order chi connectivity index (χ1) is 8.67. The van der Waals surface area contributed by atoms with Crippen molar-refractivity contribution in [2.45, 2.75) is 96.7 Å².